The van der Waals surface area contributed by atoms with Crippen molar-refractivity contribution in [3.63, 3.8) is 0 Å². The van der Waals surface area contributed by atoms with Crippen LogP contribution in [0.1, 0.15) is 16.1 Å². The zero-order valence-electron chi connectivity index (χ0n) is 8.51. The SMILES string of the molecule is Cc1c(C(=O)O)cnn1CCOCCO. The van der Waals surface area contributed by atoms with Crippen LogP contribution < -0.4 is 0 Å². The minimum absolute atomic E-state index is 0.0154. The van der Waals surface area contributed by atoms with Gasteiger partial charge in [0.25, 0.3) is 0 Å². The second-order valence-electron chi connectivity index (χ2n) is 3.01. The lowest BCUT2D eigenvalue weighted by Crippen LogP contribution is -2.11. The van der Waals surface area contributed by atoms with Crippen LogP contribution in [0.25, 0.3) is 0 Å². The Balaban J connectivity index is 2.51. The fourth-order valence-corrected chi connectivity index (χ4v) is 1.20. The molecule has 0 bridgehead atoms. The zero-order chi connectivity index (χ0) is 11.3. The molecule has 6 heteroatoms. The molecule has 0 aromatic carbocycles. The molecule has 1 heterocycles. The second kappa shape index (κ2) is 5.47. The lowest BCUT2D eigenvalue weighted by Gasteiger charge is -2.04. The molecule has 0 aliphatic carbocycles. The van der Waals surface area contributed by atoms with E-state index in [9.17, 15) is 4.79 Å². The normalized spacial score (nSPS) is 10.5. The van der Waals surface area contributed by atoms with Gasteiger partial charge in [0.1, 0.15) is 5.56 Å². The molecule has 0 aliphatic heterocycles. The number of carbonyl (C=O) groups is 1. The summed E-state index contributed by atoms with van der Waals surface area (Å²) in [6.07, 6.45) is 1.32. The van der Waals surface area contributed by atoms with Gasteiger partial charge in [-0.3, -0.25) is 4.68 Å². The van der Waals surface area contributed by atoms with Gasteiger partial charge >= 0.3 is 5.97 Å². The first-order valence-corrected chi connectivity index (χ1v) is 4.61. The number of ether oxygens (including phenoxy) is 1. The molecule has 15 heavy (non-hydrogen) atoms. The average molecular weight is 214 g/mol. The number of carboxylic acid groups (broad SMARTS) is 1. The monoisotopic (exact) mass is 214 g/mol. The summed E-state index contributed by atoms with van der Waals surface area (Å²) in [6, 6.07) is 0. The van der Waals surface area contributed by atoms with Crippen molar-refractivity contribution >= 4 is 5.97 Å². The van der Waals surface area contributed by atoms with Crippen LogP contribution in [-0.2, 0) is 11.3 Å². The topological polar surface area (TPSA) is 84.6 Å². The van der Waals surface area contributed by atoms with Crippen LogP contribution in [0.5, 0.6) is 0 Å². The zero-order valence-corrected chi connectivity index (χ0v) is 8.51. The maximum absolute atomic E-state index is 10.7. The molecule has 0 unspecified atom stereocenters. The number of carboxylic acids is 1. The Labute approximate surface area is 87.1 Å². The Morgan fingerprint density at radius 1 is 1.60 bits per heavy atom. The highest BCUT2D eigenvalue weighted by Gasteiger charge is 2.11. The van der Waals surface area contributed by atoms with Gasteiger partial charge in [0.05, 0.1) is 32.6 Å². The molecule has 1 rings (SSSR count). The van der Waals surface area contributed by atoms with E-state index < -0.39 is 5.97 Å². The molecule has 0 aliphatic rings. The van der Waals surface area contributed by atoms with Crippen LogP contribution in [0.15, 0.2) is 6.20 Å². The van der Waals surface area contributed by atoms with Crippen molar-refractivity contribution in [3.8, 4) is 0 Å². The molecule has 84 valence electrons. The lowest BCUT2D eigenvalue weighted by atomic mass is 10.3. The van der Waals surface area contributed by atoms with Crippen molar-refractivity contribution in [2.45, 2.75) is 13.5 Å². The summed E-state index contributed by atoms with van der Waals surface area (Å²) >= 11 is 0. The van der Waals surface area contributed by atoms with E-state index in [1.807, 2.05) is 0 Å². The van der Waals surface area contributed by atoms with Crippen molar-refractivity contribution in [1.82, 2.24) is 9.78 Å². The third kappa shape index (κ3) is 3.03. The number of rotatable bonds is 6. The minimum Gasteiger partial charge on any atom is -0.478 e. The summed E-state index contributed by atoms with van der Waals surface area (Å²) in [4.78, 5) is 10.7. The third-order valence-corrected chi connectivity index (χ3v) is 2.02. The predicted molar refractivity (Wildman–Crippen MR) is 51.8 cm³/mol. The summed E-state index contributed by atoms with van der Waals surface area (Å²) in [5.74, 6) is -0.977. The first kappa shape index (κ1) is 11.7. The molecule has 0 atom stereocenters. The third-order valence-electron chi connectivity index (χ3n) is 2.02. The number of aliphatic hydroxyl groups is 1. The van der Waals surface area contributed by atoms with Gasteiger partial charge in [0.2, 0.25) is 0 Å². The Morgan fingerprint density at radius 2 is 2.33 bits per heavy atom. The smallest absolute Gasteiger partial charge is 0.339 e. The van der Waals surface area contributed by atoms with E-state index in [4.69, 9.17) is 14.9 Å². The molecule has 0 saturated carbocycles. The molecule has 0 radical (unpaired) electrons. The fraction of sp³-hybridized carbons (Fsp3) is 0.556. The van der Waals surface area contributed by atoms with Crippen molar-refractivity contribution < 1.29 is 19.7 Å². The van der Waals surface area contributed by atoms with E-state index in [2.05, 4.69) is 5.10 Å². The molecular formula is C9H14N2O4. The fourth-order valence-electron chi connectivity index (χ4n) is 1.20. The molecule has 0 spiro atoms. The largest absolute Gasteiger partial charge is 0.478 e. The van der Waals surface area contributed by atoms with Gasteiger partial charge in [-0.1, -0.05) is 0 Å². The number of aromatic carboxylic acids is 1. The van der Waals surface area contributed by atoms with Crippen molar-refractivity contribution in [1.29, 1.82) is 0 Å². The molecule has 0 saturated heterocycles. The first-order chi connectivity index (χ1) is 7.16. The highest BCUT2D eigenvalue weighted by molar-refractivity contribution is 5.88. The first-order valence-electron chi connectivity index (χ1n) is 4.61. The summed E-state index contributed by atoms with van der Waals surface area (Å²) in [5, 5.41) is 21.2. The minimum atomic E-state index is -0.977. The van der Waals surface area contributed by atoms with Crippen LogP contribution >= 0.6 is 0 Å². The van der Waals surface area contributed by atoms with Crippen LogP contribution in [0, 0.1) is 6.92 Å². The van der Waals surface area contributed by atoms with Crippen LogP contribution in [0.4, 0.5) is 0 Å². The van der Waals surface area contributed by atoms with Gasteiger partial charge in [-0.25, -0.2) is 4.79 Å². The number of aliphatic hydroxyl groups excluding tert-OH is 1. The Hall–Kier alpha value is -1.40. The quantitative estimate of drug-likeness (QED) is 0.646. The maximum Gasteiger partial charge on any atom is 0.339 e. The Kier molecular flexibility index (Phi) is 4.26. The Bertz CT molecular complexity index is 335. The van der Waals surface area contributed by atoms with E-state index in [1.54, 1.807) is 11.6 Å². The maximum atomic E-state index is 10.7. The molecule has 0 fully saturated rings. The van der Waals surface area contributed by atoms with E-state index in [0.29, 0.717) is 18.8 Å². The standard InChI is InChI=1S/C9H14N2O4/c1-7-8(9(13)14)6-10-11(7)2-4-15-5-3-12/h6,12H,2-5H2,1H3,(H,13,14). The average Bonchev–Trinajstić information content (AvgIpc) is 2.55. The summed E-state index contributed by atoms with van der Waals surface area (Å²) in [6.45, 7) is 2.86. The summed E-state index contributed by atoms with van der Waals surface area (Å²) in [5.41, 5.74) is 0.812. The second-order valence-corrected chi connectivity index (χ2v) is 3.01. The number of aromatic nitrogens is 2. The molecule has 2 N–H and O–H groups in total. The Morgan fingerprint density at radius 3 is 2.87 bits per heavy atom. The number of hydrogen-bond donors (Lipinski definition) is 2. The highest BCUT2D eigenvalue weighted by atomic mass is 16.5. The van der Waals surface area contributed by atoms with E-state index >= 15 is 0 Å². The van der Waals surface area contributed by atoms with Crippen LogP contribution in [0.2, 0.25) is 0 Å². The van der Waals surface area contributed by atoms with Gasteiger partial charge in [0.15, 0.2) is 0 Å². The van der Waals surface area contributed by atoms with Gasteiger partial charge in [-0.05, 0) is 6.92 Å². The summed E-state index contributed by atoms with van der Waals surface area (Å²) < 4.78 is 6.62. The molecule has 0 amide bonds. The van der Waals surface area contributed by atoms with Crippen molar-refractivity contribution in [2.75, 3.05) is 19.8 Å². The predicted octanol–water partition coefficient (Wildman–Crippen LogP) is -0.101. The van der Waals surface area contributed by atoms with Crippen molar-refractivity contribution in [3.05, 3.63) is 17.5 Å². The number of nitrogens with zero attached hydrogens (tertiary/aromatic N) is 2. The molecular weight excluding hydrogens is 200 g/mol. The van der Waals surface area contributed by atoms with Crippen LogP contribution in [-0.4, -0.2) is 45.8 Å². The van der Waals surface area contributed by atoms with E-state index in [1.165, 1.54) is 6.20 Å². The van der Waals surface area contributed by atoms with Crippen molar-refractivity contribution in [2.24, 2.45) is 0 Å². The van der Waals surface area contributed by atoms with E-state index in [-0.39, 0.29) is 18.8 Å². The highest BCUT2D eigenvalue weighted by Crippen LogP contribution is 2.06. The summed E-state index contributed by atoms with van der Waals surface area (Å²) in [7, 11) is 0. The lowest BCUT2D eigenvalue weighted by molar-refractivity contribution is 0.0695. The van der Waals surface area contributed by atoms with Gasteiger partial charge in [-0.15, -0.1) is 0 Å². The van der Waals surface area contributed by atoms with E-state index in [0.717, 1.165) is 0 Å². The van der Waals surface area contributed by atoms with Gasteiger partial charge in [0, 0.05) is 5.69 Å². The number of hydrogen-bond acceptors (Lipinski definition) is 4. The van der Waals surface area contributed by atoms with Crippen LogP contribution in [0.3, 0.4) is 0 Å². The molecule has 1 aromatic heterocycles. The van der Waals surface area contributed by atoms with Gasteiger partial charge < -0.3 is 14.9 Å². The van der Waals surface area contributed by atoms with Gasteiger partial charge in [-0.2, -0.15) is 5.10 Å². The molecule has 1 aromatic rings. The molecule has 6 nitrogen and oxygen atoms in total.